The number of hydrogen-bond donors (Lipinski definition) is 1. The second-order valence-electron chi connectivity index (χ2n) is 3.73. The summed E-state index contributed by atoms with van der Waals surface area (Å²) < 4.78 is 0. The molecule has 0 aromatic heterocycles. The van der Waals surface area contributed by atoms with Crippen molar-refractivity contribution < 1.29 is 0 Å². The van der Waals surface area contributed by atoms with Crippen LogP contribution in [-0.4, -0.2) is 0 Å². The summed E-state index contributed by atoms with van der Waals surface area (Å²) in [5, 5.41) is 4.85. The molecule has 1 heteroatoms. The van der Waals surface area contributed by atoms with Crippen molar-refractivity contribution in [1.82, 2.24) is 0 Å². The smallest absolute Gasteiger partial charge is 0.0320 e. The Hall–Kier alpha value is -2.02. The zero-order valence-corrected chi connectivity index (χ0v) is 8.20. The van der Waals surface area contributed by atoms with E-state index < -0.39 is 0 Å². The maximum atomic E-state index is 5.76. The second kappa shape index (κ2) is 2.99. The van der Waals surface area contributed by atoms with E-state index in [1.165, 1.54) is 21.5 Å². The zero-order valence-electron chi connectivity index (χ0n) is 8.20. The Morgan fingerprint density at radius 2 is 1.60 bits per heavy atom. The van der Waals surface area contributed by atoms with Crippen molar-refractivity contribution in [3.8, 4) is 0 Å². The molecule has 3 rings (SSSR count). The van der Waals surface area contributed by atoms with Crippen molar-refractivity contribution >= 4 is 27.2 Å². The molecule has 0 saturated carbocycles. The molecule has 15 heavy (non-hydrogen) atoms. The Labute approximate surface area is 88.1 Å². The van der Waals surface area contributed by atoms with Crippen molar-refractivity contribution in [3.05, 3.63) is 54.6 Å². The molecule has 0 bridgehead atoms. The number of anilines is 1. The largest absolute Gasteiger partial charge is 0.399 e. The van der Waals surface area contributed by atoms with Gasteiger partial charge >= 0.3 is 0 Å². The minimum Gasteiger partial charge on any atom is -0.399 e. The van der Waals surface area contributed by atoms with E-state index in [0.29, 0.717) is 0 Å². The van der Waals surface area contributed by atoms with Crippen molar-refractivity contribution in [2.24, 2.45) is 0 Å². The van der Waals surface area contributed by atoms with Crippen molar-refractivity contribution in [2.45, 2.75) is 0 Å². The highest BCUT2D eigenvalue weighted by Gasteiger charge is 1.97. The quantitative estimate of drug-likeness (QED) is 0.429. The molecular formula is C14H10N. The van der Waals surface area contributed by atoms with Crippen LogP contribution in [0.1, 0.15) is 0 Å². The van der Waals surface area contributed by atoms with E-state index in [0.717, 1.165) is 5.69 Å². The lowest BCUT2D eigenvalue weighted by Crippen LogP contribution is -1.83. The maximum Gasteiger partial charge on any atom is 0.0320 e. The fourth-order valence-electron chi connectivity index (χ4n) is 1.90. The molecule has 1 nitrogen and oxygen atoms in total. The second-order valence-corrected chi connectivity index (χ2v) is 3.73. The van der Waals surface area contributed by atoms with Crippen LogP contribution in [0.4, 0.5) is 5.69 Å². The highest BCUT2D eigenvalue weighted by Crippen LogP contribution is 2.23. The Balaban J connectivity index is 2.47. The molecule has 0 saturated heterocycles. The summed E-state index contributed by atoms with van der Waals surface area (Å²) in [6, 6.07) is 19.4. The van der Waals surface area contributed by atoms with Crippen LogP contribution >= 0.6 is 0 Å². The molecule has 0 unspecified atom stereocenters. The number of rotatable bonds is 0. The number of hydrogen-bond acceptors (Lipinski definition) is 1. The van der Waals surface area contributed by atoms with E-state index in [1.807, 2.05) is 24.3 Å². The summed E-state index contributed by atoms with van der Waals surface area (Å²) >= 11 is 0. The number of benzene rings is 3. The molecule has 0 aliphatic rings. The van der Waals surface area contributed by atoms with Gasteiger partial charge in [0, 0.05) is 5.69 Å². The molecule has 0 fully saturated rings. The molecule has 0 atom stereocenters. The van der Waals surface area contributed by atoms with Crippen molar-refractivity contribution in [1.29, 1.82) is 0 Å². The number of nitrogens with two attached hydrogens (primary N) is 1. The van der Waals surface area contributed by atoms with Gasteiger partial charge in [-0.2, -0.15) is 0 Å². The third-order valence-corrected chi connectivity index (χ3v) is 2.66. The molecule has 0 amide bonds. The van der Waals surface area contributed by atoms with Crippen LogP contribution in [0.15, 0.2) is 48.5 Å². The predicted molar refractivity (Wildman–Crippen MR) is 64.7 cm³/mol. The van der Waals surface area contributed by atoms with Crippen LogP contribution in [-0.2, 0) is 0 Å². The van der Waals surface area contributed by atoms with E-state index in [2.05, 4.69) is 30.3 Å². The molecule has 1 radical (unpaired) electrons. The van der Waals surface area contributed by atoms with Crippen LogP contribution in [0, 0.1) is 6.07 Å². The standard InChI is InChI=1S/C14H10N/c15-14-6-5-12-7-10-3-1-2-4-11(10)8-13(12)9-14/h2-9H,15H2. The van der Waals surface area contributed by atoms with Gasteiger partial charge in [0.15, 0.2) is 0 Å². The first-order valence-electron chi connectivity index (χ1n) is 4.92. The van der Waals surface area contributed by atoms with Gasteiger partial charge in [-0.3, -0.25) is 0 Å². The van der Waals surface area contributed by atoms with Gasteiger partial charge in [0.2, 0.25) is 0 Å². The van der Waals surface area contributed by atoms with Gasteiger partial charge in [-0.05, 0) is 57.9 Å². The molecular weight excluding hydrogens is 182 g/mol. The minimum atomic E-state index is 0.810. The first-order valence-corrected chi connectivity index (χ1v) is 4.92. The highest BCUT2D eigenvalue weighted by molar-refractivity contribution is 5.99. The lowest BCUT2D eigenvalue weighted by Gasteiger charge is -2.02. The average molecular weight is 192 g/mol. The zero-order chi connectivity index (χ0) is 10.3. The van der Waals surface area contributed by atoms with Crippen molar-refractivity contribution in [2.75, 3.05) is 5.73 Å². The van der Waals surface area contributed by atoms with E-state index in [-0.39, 0.29) is 0 Å². The molecule has 0 heterocycles. The summed E-state index contributed by atoms with van der Waals surface area (Å²) in [5.41, 5.74) is 6.57. The van der Waals surface area contributed by atoms with E-state index >= 15 is 0 Å². The molecule has 71 valence electrons. The Morgan fingerprint density at radius 3 is 2.53 bits per heavy atom. The average Bonchev–Trinajstić information content (AvgIpc) is 2.26. The first kappa shape index (κ1) is 8.30. The SMILES string of the molecule is Nc1ccc2cc3c[c]ccc3cc2c1. The molecule has 0 aliphatic heterocycles. The summed E-state index contributed by atoms with van der Waals surface area (Å²) in [6.07, 6.45) is 0. The summed E-state index contributed by atoms with van der Waals surface area (Å²) in [5.74, 6) is 0. The number of nitrogen functional groups attached to an aromatic ring is 1. The van der Waals surface area contributed by atoms with Crippen LogP contribution in [0.5, 0.6) is 0 Å². The minimum absolute atomic E-state index is 0.810. The Kier molecular flexibility index (Phi) is 1.65. The van der Waals surface area contributed by atoms with Gasteiger partial charge < -0.3 is 5.73 Å². The molecule has 3 aromatic rings. The van der Waals surface area contributed by atoms with Crippen LogP contribution in [0.2, 0.25) is 0 Å². The molecule has 2 N–H and O–H groups in total. The Morgan fingerprint density at radius 1 is 0.800 bits per heavy atom. The highest BCUT2D eigenvalue weighted by atomic mass is 14.5. The summed E-state index contributed by atoms with van der Waals surface area (Å²) in [7, 11) is 0. The van der Waals surface area contributed by atoms with Crippen molar-refractivity contribution in [3.63, 3.8) is 0 Å². The van der Waals surface area contributed by atoms with E-state index in [1.54, 1.807) is 0 Å². The van der Waals surface area contributed by atoms with E-state index in [9.17, 15) is 0 Å². The summed E-state index contributed by atoms with van der Waals surface area (Å²) in [4.78, 5) is 0. The maximum absolute atomic E-state index is 5.76. The fourth-order valence-corrected chi connectivity index (χ4v) is 1.90. The topological polar surface area (TPSA) is 26.0 Å². The molecule has 0 aliphatic carbocycles. The van der Waals surface area contributed by atoms with E-state index in [4.69, 9.17) is 5.73 Å². The van der Waals surface area contributed by atoms with Gasteiger partial charge in [0.05, 0.1) is 0 Å². The summed E-state index contributed by atoms with van der Waals surface area (Å²) in [6.45, 7) is 0. The lowest BCUT2D eigenvalue weighted by atomic mass is 10.0. The predicted octanol–water partition coefficient (Wildman–Crippen LogP) is 3.38. The first-order chi connectivity index (χ1) is 7.33. The Bertz CT molecular complexity index is 641. The third-order valence-electron chi connectivity index (χ3n) is 2.66. The fraction of sp³-hybridized carbons (Fsp3) is 0. The van der Waals surface area contributed by atoms with Gasteiger partial charge in [-0.15, -0.1) is 0 Å². The van der Waals surface area contributed by atoms with Gasteiger partial charge in [-0.25, -0.2) is 0 Å². The normalized spacial score (nSPS) is 10.9. The van der Waals surface area contributed by atoms with Gasteiger partial charge in [0.25, 0.3) is 0 Å². The lowest BCUT2D eigenvalue weighted by molar-refractivity contribution is 1.73. The van der Waals surface area contributed by atoms with Crippen LogP contribution < -0.4 is 5.73 Å². The van der Waals surface area contributed by atoms with Crippen LogP contribution in [0.3, 0.4) is 0 Å². The molecule has 0 spiro atoms. The monoisotopic (exact) mass is 192 g/mol. The third kappa shape index (κ3) is 1.33. The molecule has 3 aromatic carbocycles. The van der Waals surface area contributed by atoms with Gasteiger partial charge in [-0.1, -0.05) is 18.2 Å². The van der Waals surface area contributed by atoms with Gasteiger partial charge in [0.1, 0.15) is 0 Å². The van der Waals surface area contributed by atoms with Crippen LogP contribution in [0.25, 0.3) is 21.5 Å². The number of fused-ring (bicyclic) bond motifs is 2.